The highest BCUT2D eigenvalue weighted by Crippen LogP contribution is 2.57. The molecular weight excluding hydrogens is 190 g/mol. The molecule has 2 atom stereocenters. The minimum absolute atomic E-state index is 0.134. The van der Waals surface area contributed by atoms with Crippen LogP contribution in [0, 0.1) is 5.92 Å². The lowest BCUT2D eigenvalue weighted by Crippen LogP contribution is -2.21. The molecule has 3 nitrogen and oxygen atoms in total. The quantitative estimate of drug-likeness (QED) is 0.760. The van der Waals surface area contributed by atoms with Gasteiger partial charge in [-0.15, -0.1) is 0 Å². The molecule has 1 aliphatic carbocycles. The van der Waals surface area contributed by atoms with Gasteiger partial charge < -0.3 is 10.4 Å². The third kappa shape index (κ3) is 1.13. The maximum atomic E-state index is 11.1. The van der Waals surface area contributed by atoms with Crippen molar-refractivity contribution in [1.82, 2.24) is 5.32 Å². The first-order chi connectivity index (χ1) is 7.24. The summed E-state index contributed by atoms with van der Waals surface area (Å²) in [5, 5.41) is 12.5. The Kier molecular flexibility index (Phi) is 1.68. The number of carboxylic acid groups (broad SMARTS) is 1. The number of hydrogen-bond acceptors (Lipinski definition) is 2. The molecule has 2 N–H and O–H groups in total. The second-order valence-corrected chi connectivity index (χ2v) is 4.54. The highest BCUT2D eigenvalue weighted by atomic mass is 16.4. The van der Waals surface area contributed by atoms with E-state index in [9.17, 15) is 4.79 Å². The minimum atomic E-state index is -0.808. The number of carboxylic acids is 1. The first kappa shape index (κ1) is 8.92. The Labute approximate surface area is 88.1 Å². The molecule has 78 valence electrons. The average molecular weight is 203 g/mol. The van der Waals surface area contributed by atoms with Crippen molar-refractivity contribution < 1.29 is 9.90 Å². The van der Waals surface area contributed by atoms with Gasteiger partial charge in [0.1, 0.15) is 0 Å². The van der Waals surface area contributed by atoms with E-state index in [1.807, 2.05) is 12.1 Å². The van der Waals surface area contributed by atoms with Crippen molar-refractivity contribution in [1.29, 1.82) is 0 Å². The van der Waals surface area contributed by atoms with Gasteiger partial charge >= 0.3 is 5.97 Å². The van der Waals surface area contributed by atoms with Gasteiger partial charge in [0.2, 0.25) is 0 Å². The molecule has 3 rings (SSSR count). The predicted octanol–water partition coefficient (Wildman–Crippen LogP) is 1.25. The second-order valence-electron chi connectivity index (χ2n) is 4.54. The van der Waals surface area contributed by atoms with Gasteiger partial charge in [-0.3, -0.25) is 0 Å². The lowest BCUT2D eigenvalue weighted by atomic mass is 9.90. The van der Waals surface area contributed by atoms with E-state index in [1.54, 1.807) is 12.1 Å². The molecule has 1 aromatic carbocycles. The van der Waals surface area contributed by atoms with Crippen LogP contribution < -0.4 is 5.32 Å². The highest BCUT2D eigenvalue weighted by Gasteiger charge is 2.59. The van der Waals surface area contributed by atoms with Crippen molar-refractivity contribution in [3.63, 3.8) is 0 Å². The van der Waals surface area contributed by atoms with Crippen LogP contribution in [0.1, 0.15) is 22.3 Å². The Morgan fingerprint density at radius 2 is 2.27 bits per heavy atom. The topological polar surface area (TPSA) is 49.3 Å². The maximum Gasteiger partial charge on any atom is 0.335 e. The molecule has 0 aromatic heterocycles. The zero-order valence-corrected chi connectivity index (χ0v) is 8.36. The van der Waals surface area contributed by atoms with Crippen LogP contribution in [0.5, 0.6) is 0 Å². The van der Waals surface area contributed by atoms with E-state index in [4.69, 9.17) is 5.11 Å². The maximum absolute atomic E-state index is 11.1. The molecule has 1 aliphatic heterocycles. The summed E-state index contributed by atoms with van der Waals surface area (Å²) < 4.78 is 0. The van der Waals surface area contributed by atoms with Crippen LogP contribution in [0.25, 0.3) is 0 Å². The SMILES string of the molecule is O=C(O)c1ccccc1C12CNCC1C2. The number of aromatic carboxylic acids is 1. The lowest BCUT2D eigenvalue weighted by molar-refractivity contribution is 0.0695. The number of piperidine rings is 1. The van der Waals surface area contributed by atoms with Gasteiger partial charge in [0.25, 0.3) is 0 Å². The van der Waals surface area contributed by atoms with Gasteiger partial charge in [-0.05, 0) is 30.5 Å². The summed E-state index contributed by atoms with van der Waals surface area (Å²) in [6.45, 7) is 1.97. The van der Waals surface area contributed by atoms with Crippen molar-refractivity contribution in [2.45, 2.75) is 11.8 Å². The molecule has 3 heteroatoms. The summed E-state index contributed by atoms with van der Waals surface area (Å²) in [4.78, 5) is 11.1. The molecule has 2 unspecified atom stereocenters. The van der Waals surface area contributed by atoms with E-state index in [0.29, 0.717) is 11.5 Å². The fraction of sp³-hybridized carbons (Fsp3) is 0.417. The summed E-state index contributed by atoms with van der Waals surface area (Å²) in [5.74, 6) is -0.157. The van der Waals surface area contributed by atoms with Crippen LogP contribution in [0.2, 0.25) is 0 Å². The van der Waals surface area contributed by atoms with Gasteiger partial charge in [-0.25, -0.2) is 4.79 Å². The summed E-state index contributed by atoms with van der Waals surface area (Å²) >= 11 is 0. The number of benzene rings is 1. The Hall–Kier alpha value is -1.35. The van der Waals surface area contributed by atoms with Crippen molar-refractivity contribution in [3.05, 3.63) is 35.4 Å². The third-order valence-corrected chi connectivity index (χ3v) is 3.76. The Balaban J connectivity index is 2.08. The van der Waals surface area contributed by atoms with Gasteiger partial charge in [-0.1, -0.05) is 18.2 Å². The number of nitrogens with one attached hydrogen (secondary N) is 1. The molecule has 2 aliphatic rings. The third-order valence-electron chi connectivity index (χ3n) is 3.76. The molecule has 2 fully saturated rings. The minimum Gasteiger partial charge on any atom is -0.478 e. The monoisotopic (exact) mass is 203 g/mol. The normalized spacial score (nSPS) is 32.4. The number of carbonyl (C=O) groups is 1. The van der Waals surface area contributed by atoms with Crippen LogP contribution in [0.4, 0.5) is 0 Å². The molecule has 0 bridgehead atoms. The first-order valence-electron chi connectivity index (χ1n) is 5.27. The Morgan fingerprint density at radius 3 is 2.87 bits per heavy atom. The molecule has 1 saturated carbocycles. The first-order valence-corrected chi connectivity index (χ1v) is 5.27. The summed E-state index contributed by atoms with van der Waals surface area (Å²) in [7, 11) is 0. The highest BCUT2D eigenvalue weighted by molar-refractivity contribution is 5.90. The van der Waals surface area contributed by atoms with Crippen molar-refractivity contribution >= 4 is 5.97 Å². The molecule has 1 saturated heterocycles. The van der Waals surface area contributed by atoms with Crippen LogP contribution in [-0.2, 0) is 5.41 Å². The smallest absolute Gasteiger partial charge is 0.335 e. The predicted molar refractivity (Wildman–Crippen MR) is 56.1 cm³/mol. The molecule has 1 heterocycles. The second kappa shape index (κ2) is 2.83. The molecule has 0 radical (unpaired) electrons. The standard InChI is InChI=1S/C12H13NO2/c14-11(15)9-3-1-2-4-10(9)12-5-8(12)6-13-7-12/h1-4,8,13H,5-7H2,(H,14,15). The molecule has 15 heavy (non-hydrogen) atoms. The van der Waals surface area contributed by atoms with Crippen molar-refractivity contribution in [2.24, 2.45) is 5.92 Å². The fourth-order valence-electron chi connectivity index (χ4n) is 2.86. The van der Waals surface area contributed by atoms with Crippen LogP contribution in [-0.4, -0.2) is 24.2 Å². The summed E-state index contributed by atoms with van der Waals surface area (Å²) in [6, 6.07) is 7.41. The van der Waals surface area contributed by atoms with Gasteiger partial charge in [0, 0.05) is 12.0 Å². The number of fused-ring (bicyclic) bond motifs is 1. The van der Waals surface area contributed by atoms with E-state index in [2.05, 4.69) is 5.32 Å². The molecule has 1 aromatic rings. The van der Waals surface area contributed by atoms with E-state index < -0.39 is 5.97 Å². The van der Waals surface area contributed by atoms with E-state index in [-0.39, 0.29) is 5.41 Å². The summed E-state index contributed by atoms with van der Waals surface area (Å²) in [5.41, 5.74) is 1.63. The largest absolute Gasteiger partial charge is 0.478 e. The van der Waals surface area contributed by atoms with Gasteiger partial charge in [-0.2, -0.15) is 0 Å². The lowest BCUT2D eigenvalue weighted by Gasteiger charge is -2.14. The van der Waals surface area contributed by atoms with Crippen molar-refractivity contribution in [2.75, 3.05) is 13.1 Å². The van der Waals surface area contributed by atoms with Crippen LogP contribution in [0.3, 0.4) is 0 Å². The van der Waals surface area contributed by atoms with E-state index in [0.717, 1.165) is 25.1 Å². The molecule has 0 amide bonds. The summed E-state index contributed by atoms with van der Waals surface area (Å²) in [6.07, 6.45) is 1.14. The average Bonchev–Trinajstić information content (AvgIpc) is 2.82. The van der Waals surface area contributed by atoms with Gasteiger partial charge in [0.15, 0.2) is 0 Å². The van der Waals surface area contributed by atoms with Gasteiger partial charge in [0.05, 0.1) is 5.56 Å². The Morgan fingerprint density at radius 1 is 1.47 bits per heavy atom. The van der Waals surface area contributed by atoms with E-state index in [1.165, 1.54) is 0 Å². The molecule has 0 spiro atoms. The van der Waals surface area contributed by atoms with E-state index >= 15 is 0 Å². The number of hydrogen-bond donors (Lipinski definition) is 2. The van der Waals surface area contributed by atoms with Crippen LogP contribution in [0.15, 0.2) is 24.3 Å². The fourth-order valence-corrected chi connectivity index (χ4v) is 2.86. The Bertz CT molecular complexity index is 429. The van der Waals surface area contributed by atoms with Crippen LogP contribution >= 0.6 is 0 Å². The zero-order chi connectivity index (χ0) is 10.5. The zero-order valence-electron chi connectivity index (χ0n) is 8.36. The van der Waals surface area contributed by atoms with Crippen molar-refractivity contribution in [3.8, 4) is 0 Å². The molecular formula is C12H13NO2. The number of rotatable bonds is 2.